The Hall–Kier alpha value is -1.62. The Bertz CT molecular complexity index is 512. The summed E-state index contributed by atoms with van der Waals surface area (Å²) in [5.41, 5.74) is 2.57. The first-order valence-electron chi connectivity index (χ1n) is 5.62. The Morgan fingerprint density at radius 3 is 3.24 bits per heavy atom. The standard InChI is InChI=1S/C12H13N3OS/c1-8(14-12-7-13-15-17-12)9-2-3-11-10(6-9)4-5-16-11/h2-3,6-8,14H,4-5H2,1H3. The molecule has 0 amide bonds. The lowest BCUT2D eigenvalue weighted by atomic mass is 10.0. The number of nitrogens with zero attached hydrogens (tertiary/aromatic N) is 2. The average molecular weight is 247 g/mol. The summed E-state index contributed by atoms with van der Waals surface area (Å²) in [7, 11) is 0. The van der Waals surface area contributed by atoms with Gasteiger partial charge in [-0.2, -0.15) is 0 Å². The van der Waals surface area contributed by atoms with Crippen molar-refractivity contribution in [3.8, 4) is 5.75 Å². The summed E-state index contributed by atoms with van der Waals surface area (Å²) in [6.45, 7) is 2.94. The fourth-order valence-corrected chi connectivity index (χ4v) is 2.51. The highest BCUT2D eigenvalue weighted by molar-refractivity contribution is 7.09. The summed E-state index contributed by atoms with van der Waals surface area (Å²) in [6, 6.07) is 6.63. The number of hydrogen-bond acceptors (Lipinski definition) is 5. The molecule has 1 aliphatic heterocycles. The van der Waals surface area contributed by atoms with Gasteiger partial charge in [0.2, 0.25) is 0 Å². The molecule has 1 aliphatic rings. The molecular weight excluding hydrogens is 234 g/mol. The van der Waals surface area contributed by atoms with Crippen molar-refractivity contribution in [1.82, 2.24) is 9.59 Å². The normalized spacial score (nSPS) is 15.1. The molecule has 0 aliphatic carbocycles. The van der Waals surface area contributed by atoms with Crippen LogP contribution >= 0.6 is 11.5 Å². The highest BCUT2D eigenvalue weighted by Crippen LogP contribution is 2.29. The van der Waals surface area contributed by atoms with E-state index in [1.54, 1.807) is 6.20 Å². The summed E-state index contributed by atoms with van der Waals surface area (Å²) in [4.78, 5) is 0. The molecule has 1 aromatic carbocycles. The molecule has 0 saturated carbocycles. The van der Waals surface area contributed by atoms with Crippen molar-refractivity contribution in [2.24, 2.45) is 0 Å². The lowest BCUT2D eigenvalue weighted by Crippen LogP contribution is -2.05. The number of benzene rings is 1. The van der Waals surface area contributed by atoms with Gasteiger partial charge in [-0.05, 0) is 30.2 Å². The zero-order valence-electron chi connectivity index (χ0n) is 9.51. The molecule has 4 nitrogen and oxygen atoms in total. The molecule has 0 fully saturated rings. The van der Waals surface area contributed by atoms with E-state index in [0.29, 0.717) is 0 Å². The van der Waals surface area contributed by atoms with Gasteiger partial charge in [0, 0.05) is 24.0 Å². The van der Waals surface area contributed by atoms with Crippen LogP contribution in [0.15, 0.2) is 24.4 Å². The van der Waals surface area contributed by atoms with Crippen molar-refractivity contribution in [1.29, 1.82) is 0 Å². The largest absolute Gasteiger partial charge is 0.493 e. The van der Waals surface area contributed by atoms with Crippen LogP contribution in [0.1, 0.15) is 24.1 Å². The third kappa shape index (κ3) is 2.10. The van der Waals surface area contributed by atoms with Gasteiger partial charge in [-0.25, -0.2) is 0 Å². The summed E-state index contributed by atoms with van der Waals surface area (Å²) in [6.07, 6.45) is 2.76. The summed E-state index contributed by atoms with van der Waals surface area (Å²) >= 11 is 1.37. The molecule has 0 bridgehead atoms. The van der Waals surface area contributed by atoms with E-state index in [9.17, 15) is 0 Å². The molecule has 1 atom stereocenters. The van der Waals surface area contributed by atoms with Crippen molar-refractivity contribution < 1.29 is 4.74 Å². The Kier molecular flexibility index (Phi) is 2.68. The van der Waals surface area contributed by atoms with Crippen LogP contribution < -0.4 is 10.1 Å². The second-order valence-corrected chi connectivity index (χ2v) is 4.90. The third-order valence-corrected chi connectivity index (χ3v) is 3.53. The van der Waals surface area contributed by atoms with Crippen LogP contribution in [0.4, 0.5) is 5.00 Å². The predicted molar refractivity (Wildman–Crippen MR) is 67.6 cm³/mol. The first kappa shape index (κ1) is 10.5. The first-order chi connectivity index (χ1) is 8.33. The molecule has 3 rings (SSSR count). The molecule has 2 aromatic rings. The van der Waals surface area contributed by atoms with E-state index in [-0.39, 0.29) is 6.04 Å². The van der Waals surface area contributed by atoms with Gasteiger partial charge in [0.1, 0.15) is 10.8 Å². The molecule has 0 saturated heterocycles. The number of rotatable bonds is 3. The number of ether oxygens (including phenoxy) is 1. The minimum absolute atomic E-state index is 0.253. The Labute approximate surface area is 104 Å². The maximum atomic E-state index is 5.50. The van der Waals surface area contributed by atoms with Gasteiger partial charge in [-0.1, -0.05) is 10.6 Å². The second kappa shape index (κ2) is 4.33. The van der Waals surface area contributed by atoms with Crippen molar-refractivity contribution in [2.75, 3.05) is 11.9 Å². The zero-order chi connectivity index (χ0) is 11.7. The van der Waals surface area contributed by atoms with Crippen LogP contribution in [0.25, 0.3) is 0 Å². The zero-order valence-corrected chi connectivity index (χ0v) is 10.3. The summed E-state index contributed by atoms with van der Waals surface area (Å²) in [5, 5.41) is 8.19. The highest BCUT2D eigenvalue weighted by Gasteiger charge is 2.14. The van der Waals surface area contributed by atoms with Crippen LogP contribution in [0.5, 0.6) is 5.75 Å². The highest BCUT2D eigenvalue weighted by atomic mass is 32.1. The minimum Gasteiger partial charge on any atom is -0.493 e. The van der Waals surface area contributed by atoms with E-state index in [4.69, 9.17) is 4.74 Å². The summed E-state index contributed by atoms with van der Waals surface area (Å²) in [5.74, 6) is 1.03. The van der Waals surface area contributed by atoms with Crippen molar-refractivity contribution >= 4 is 16.5 Å². The third-order valence-electron chi connectivity index (χ3n) is 2.93. The van der Waals surface area contributed by atoms with E-state index in [2.05, 4.69) is 40.0 Å². The molecule has 17 heavy (non-hydrogen) atoms. The van der Waals surface area contributed by atoms with Crippen molar-refractivity contribution in [3.63, 3.8) is 0 Å². The maximum Gasteiger partial charge on any atom is 0.130 e. The van der Waals surface area contributed by atoms with Crippen LogP contribution in [0.3, 0.4) is 0 Å². The molecule has 1 aromatic heterocycles. The molecule has 88 valence electrons. The van der Waals surface area contributed by atoms with Crippen LogP contribution in [0.2, 0.25) is 0 Å². The quantitative estimate of drug-likeness (QED) is 0.905. The molecule has 0 spiro atoms. The molecule has 0 radical (unpaired) electrons. The smallest absolute Gasteiger partial charge is 0.130 e. The van der Waals surface area contributed by atoms with Gasteiger partial charge < -0.3 is 10.1 Å². The first-order valence-corrected chi connectivity index (χ1v) is 6.40. The molecule has 1 unspecified atom stereocenters. The Morgan fingerprint density at radius 2 is 2.41 bits per heavy atom. The molecule has 5 heteroatoms. The van der Waals surface area contributed by atoms with E-state index in [1.807, 2.05) is 0 Å². The van der Waals surface area contributed by atoms with Gasteiger partial charge in [-0.3, -0.25) is 0 Å². The Balaban J connectivity index is 1.79. The lowest BCUT2D eigenvalue weighted by Gasteiger charge is -2.14. The minimum atomic E-state index is 0.253. The number of nitrogens with one attached hydrogen (secondary N) is 1. The monoisotopic (exact) mass is 247 g/mol. The second-order valence-electron chi connectivity index (χ2n) is 4.11. The van der Waals surface area contributed by atoms with Crippen LogP contribution in [-0.2, 0) is 6.42 Å². The van der Waals surface area contributed by atoms with E-state index < -0.39 is 0 Å². The SMILES string of the molecule is CC(Nc1cnns1)c1ccc2c(c1)CCO2. The predicted octanol–water partition coefficient (Wildman–Crippen LogP) is 2.65. The fourth-order valence-electron chi connectivity index (χ4n) is 2.00. The topological polar surface area (TPSA) is 47.0 Å². The fraction of sp³-hybridized carbons (Fsp3) is 0.333. The number of hydrogen-bond donors (Lipinski definition) is 1. The number of fused-ring (bicyclic) bond motifs is 1. The van der Waals surface area contributed by atoms with Gasteiger partial charge in [0.25, 0.3) is 0 Å². The molecule has 1 N–H and O–H groups in total. The van der Waals surface area contributed by atoms with Gasteiger partial charge in [-0.15, -0.1) is 5.10 Å². The number of aromatic nitrogens is 2. The Morgan fingerprint density at radius 1 is 1.47 bits per heavy atom. The van der Waals surface area contributed by atoms with E-state index >= 15 is 0 Å². The maximum absolute atomic E-state index is 5.50. The molecule has 2 heterocycles. The van der Waals surface area contributed by atoms with Gasteiger partial charge >= 0.3 is 0 Å². The van der Waals surface area contributed by atoms with E-state index in [1.165, 1.54) is 22.7 Å². The molecular formula is C12H13N3OS. The van der Waals surface area contributed by atoms with E-state index in [0.717, 1.165) is 23.8 Å². The van der Waals surface area contributed by atoms with Crippen molar-refractivity contribution in [2.45, 2.75) is 19.4 Å². The summed E-state index contributed by atoms with van der Waals surface area (Å²) < 4.78 is 9.34. The van der Waals surface area contributed by atoms with Crippen LogP contribution in [0, 0.1) is 0 Å². The number of anilines is 1. The van der Waals surface area contributed by atoms with Gasteiger partial charge in [0.05, 0.1) is 12.8 Å². The average Bonchev–Trinajstić information content (AvgIpc) is 2.97. The lowest BCUT2D eigenvalue weighted by molar-refractivity contribution is 0.357. The van der Waals surface area contributed by atoms with Crippen molar-refractivity contribution in [3.05, 3.63) is 35.5 Å². The van der Waals surface area contributed by atoms with Crippen LogP contribution in [-0.4, -0.2) is 16.2 Å². The van der Waals surface area contributed by atoms with Gasteiger partial charge in [0.15, 0.2) is 0 Å².